The summed E-state index contributed by atoms with van der Waals surface area (Å²) in [6, 6.07) is 11.8. The highest BCUT2D eigenvalue weighted by Crippen LogP contribution is 2.30. The number of alkyl halides is 3. The van der Waals surface area contributed by atoms with Crippen LogP contribution in [0, 0.1) is 0 Å². The van der Waals surface area contributed by atoms with Gasteiger partial charge in [0, 0.05) is 12.0 Å². The van der Waals surface area contributed by atoms with Crippen LogP contribution in [0.25, 0.3) is 0 Å². The van der Waals surface area contributed by atoms with Crippen LogP contribution in [0.2, 0.25) is 0 Å². The minimum atomic E-state index is -4.45. The number of hydrogen-bond acceptors (Lipinski definition) is 2. The number of halogens is 3. The highest BCUT2D eigenvalue weighted by molar-refractivity contribution is 5.96. The first kappa shape index (κ1) is 16.1. The van der Waals surface area contributed by atoms with Gasteiger partial charge in [0.2, 0.25) is 0 Å². The van der Waals surface area contributed by atoms with Gasteiger partial charge in [-0.15, -0.1) is 0 Å². The van der Waals surface area contributed by atoms with E-state index in [2.05, 4.69) is 0 Å². The summed E-state index contributed by atoms with van der Waals surface area (Å²) in [5, 5.41) is 0. The van der Waals surface area contributed by atoms with E-state index < -0.39 is 11.7 Å². The van der Waals surface area contributed by atoms with Gasteiger partial charge in [0.1, 0.15) is 5.75 Å². The molecule has 2 aromatic carbocycles. The minimum Gasteiger partial charge on any atom is -0.496 e. The van der Waals surface area contributed by atoms with Gasteiger partial charge in [-0.05, 0) is 30.2 Å². The van der Waals surface area contributed by atoms with E-state index in [1.807, 2.05) is 18.2 Å². The first-order chi connectivity index (χ1) is 10.4. The van der Waals surface area contributed by atoms with Gasteiger partial charge in [-0.1, -0.05) is 30.3 Å². The second kappa shape index (κ2) is 6.64. The molecular formula is C17H15F3O2. The number of aryl methyl sites for hydroxylation is 1. The fraction of sp³-hybridized carbons (Fsp3) is 0.235. The molecule has 0 saturated heterocycles. The van der Waals surface area contributed by atoms with Gasteiger partial charge >= 0.3 is 6.18 Å². The Kier molecular flexibility index (Phi) is 4.85. The molecule has 0 heterocycles. The SMILES string of the molecule is COc1ccccc1CCC(=O)c1cccc(C(F)(F)F)c1. The normalized spacial score (nSPS) is 11.3. The van der Waals surface area contributed by atoms with E-state index in [1.165, 1.54) is 19.2 Å². The molecular weight excluding hydrogens is 293 g/mol. The Labute approximate surface area is 126 Å². The maximum absolute atomic E-state index is 12.7. The summed E-state index contributed by atoms with van der Waals surface area (Å²) in [6.45, 7) is 0. The van der Waals surface area contributed by atoms with Crippen molar-refractivity contribution in [2.75, 3.05) is 7.11 Å². The molecule has 22 heavy (non-hydrogen) atoms. The molecule has 2 nitrogen and oxygen atoms in total. The fourth-order valence-corrected chi connectivity index (χ4v) is 2.17. The first-order valence-electron chi connectivity index (χ1n) is 6.74. The van der Waals surface area contributed by atoms with E-state index in [0.717, 1.165) is 17.7 Å². The van der Waals surface area contributed by atoms with Crippen LogP contribution >= 0.6 is 0 Å². The molecule has 0 aliphatic heterocycles. The largest absolute Gasteiger partial charge is 0.496 e. The lowest BCUT2D eigenvalue weighted by Gasteiger charge is -2.09. The summed E-state index contributed by atoms with van der Waals surface area (Å²) >= 11 is 0. The predicted molar refractivity (Wildman–Crippen MR) is 77.1 cm³/mol. The molecule has 0 saturated carbocycles. The van der Waals surface area contributed by atoms with E-state index in [1.54, 1.807) is 6.07 Å². The van der Waals surface area contributed by atoms with Crippen molar-refractivity contribution < 1.29 is 22.7 Å². The Morgan fingerprint density at radius 2 is 1.82 bits per heavy atom. The van der Waals surface area contributed by atoms with Crippen molar-refractivity contribution in [3.8, 4) is 5.75 Å². The van der Waals surface area contributed by atoms with Crippen molar-refractivity contribution in [2.45, 2.75) is 19.0 Å². The molecule has 0 N–H and O–H groups in total. The molecule has 5 heteroatoms. The van der Waals surface area contributed by atoms with Crippen LogP contribution in [0.15, 0.2) is 48.5 Å². The Hall–Kier alpha value is -2.30. The van der Waals surface area contributed by atoms with Gasteiger partial charge in [-0.25, -0.2) is 0 Å². The van der Waals surface area contributed by atoms with Gasteiger partial charge < -0.3 is 4.74 Å². The molecule has 0 spiro atoms. The molecule has 0 radical (unpaired) electrons. The lowest BCUT2D eigenvalue weighted by atomic mass is 10.0. The summed E-state index contributed by atoms with van der Waals surface area (Å²) in [5.74, 6) is 0.344. The molecule has 2 rings (SSSR count). The summed E-state index contributed by atoms with van der Waals surface area (Å²) in [4.78, 5) is 12.1. The van der Waals surface area contributed by atoms with Crippen LogP contribution in [0.3, 0.4) is 0 Å². The zero-order valence-corrected chi connectivity index (χ0v) is 12.0. The standard InChI is InChI=1S/C17H15F3O2/c1-22-16-8-3-2-5-12(16)9-10-15(21)13-6-4-7-14(11-13)17(18,19)20/h2-8,11H,9-10H2,1H3. The number of Topliss-reactive ketones (excluding diaryl/α,β-unsaturated/α-hetero) is 1. The summed E-state index contributed by atoms with van der Waals surface area (Å²) in [7, 11) is 1.54. The molecule has 0 aromatic heterocycles. The molecule has 0 aliphatic carbocycles. The maximum Gasteiger partial charge on any atom is 0.416 e. The van der Waals surface area contributed by atoms with Crippen LogP contribution in [0.5, 0.6) is 5.75 Å². The number of carbonyl (C=O) groups excluding carboxylic acids is 1. The third-order valence-corrected chi connectivity index (χ3v) is 3.33. The Bertz CT molecular complexity index is 663. The monoisotopic (exact) mass is 308 g/mol. The van der Waals surface area contributed by atoms with Crippen LogP contribution in [-0.4, -0.2) is 12.9 Å². The van der Waals surface area contributed by atoms with Crippen molar-refractivity contribution in [3.63, 3.8) is 0 Å². The van der Waals surface area contributed by atoms with Gasteiger partial charge in [0.25, 0.3) is 0 Å². The quantitative estimate of drug-likeness (QED) is 0.759. The zero-order valence-electron chi connectivity index (χ0n) is 12.0. The van der Waals surface area contributed by atoms with Gasteiger partial charge in [0.05, 0.1) is 12.7 Å². The average molecular weight is 308 g/mol. The number of ether oxygens (including phenoxy) is 1. The van der Waals surface area contributed by atoms with Crippen LogP contribution in [0.1, 0.15) is 27.9 Å². The third kappa shape index (κ3) is 3.87. The number of rotatable bonds is 5. The lowest BCUT2D eigenvalue weighted by Crippen LogP contribution is -2.08. The summed E-state index contributed by atoms with van der Waals surface area (Å²) in [5.41, 5.74) is 0.116. The van der Waals surface area contributed by atoms with Crippen LogP contribution < -0.4 is 4.74 Å². The van der Waals surface area contributed by atoms with E-state index in [-0.39, 0.29) is 17.8 Å². The Morgan fingerprint density at radius 1 is 1.09 bits per heavy atom. The Balaban J connectivity index is 2.10. The number of carbonyl (C=O) groups is 1. The van der Waals surface area contributed by atoms with Crippen LogP contribution in [0.4, 0.5) is 13.2 Å². The topological polar surface area (TPSA) is 26.3 Å². The highest BCUT2D eigenvalue weighted by atomic mass is 19.4. The van der Waals surface area contributed by atoms with Crippen molar-refractivity contribution in [1.82, 2.24) is 0 Å². The molecule has 0 amide bonds. The van der Waals surface area contributed by atoms with Gasteiger partial charge in [-0.2, -0.15) is 13.2 Å². The molecule has 0 unspecified atom stereocenters. The molecule has 116 valence electrons. The molecule has 0 atom stereocenters. The van der Waals surface area contributed by atoms with Crippen molar-refractivity contribution in [2.24, 2.45) is 0 Å². The third-order valence-electron chi connectivity index (χ3n) is 3.33. The molecule has 0 aliphatic rings. The Morgan fingerprint density at radius 3 is 2.50 bits per heavy atom. The minimum absolute atomic E-state index is 0.0738. The molecule has 0 fully saturated rings. The fourth-order valence-electron chi connectivity index (χ4n) is 2.17. The number of ketones is 1. The van der Waals surface area contributed by atoms with E-state index in [4.69, 9.17) is 4.74 Å². The van der Waals surface area contributed by atoms with E-state index >= 15 is 0 Å². The van der Waals surface area contributed by atoms with E-state index in [9.17, 15) is 18.0 Å². The van der Waals surface area contributed by atoms with Crippen LogP contribution in [-0.2, 0) is 12.6 Å². The second-order valence-corrected chi connectivity index (χ2v) is 4.81. The maximum atomic E-state index is 12.7. The smallest absolute Gasteiger partial charge is 0.416 e. The summed E-state index contributed by atoms with van der Waals surface area (Å²) < 4.78 is 43.1. The first-order valence-corrected chi connectivity index (χ1v) is 6.74. The molecule has 0 bridgehead atoms. The average Bonchev–Trinajstić information content (AvgIpc) is 2.52. The second-order valence-electron chi connectivity index (χ2n) is 4.81. The number of benzene rings is 2. The lowest BCUT2D eigenvalue weighted by molar-refractivity contribution is -0.137. The van der Waals surface area contributed by atoms with Gasteiger partial charge in [0.15, 0.2) is 5.78 Å². The van der Waals surface area contributed by atoms with Crippen molar-refractivity contribution in [1.29, 1.82) is 0 Å². The van der Waals surface area contributed by atoms with Crippen molar-refractivity contribution in [3.05, 3.63) is 65.2 Å². The van der Waals surface area contributed by atoms with Gasteiger partial charge in [-0.3, -0.25) is 4.79 Å². The molecule has 2 aromatic rings. The number of hydrogen-bond donors (Lipinski definition) is 0. The van der Waals surface area contributed by atoms with Crippen molar-refractivity contribution >= 4 is 5.78 Å². The van der Waals surface area contributed by atoms with E-state index in [0.29, 0.717) is 12.2 Å². The summed E-state index contributed by atoms with van der Waals surface area (Å²) in [6.07, 6.45) is -3.90. The number of para-hydroxylation sites is 1. The highest BCUT2D eigenvalue weighted by Gasteiger charge is 2.30. The number of methoxy groups -OCH3 is 1. The zero-order chi connectivity index (χ0) is 16.2. The predicted octanol–water partition coefficient (Wildman–Crippen LogP) is 4.53.